The molecule has 10 heteroatoms. The van der Waals surface area contributed by atoms with Gasteiger partial charge in [0.05, 0.1) is 21.5 Å². The molecule has 4 rings (SSSR count). The van der Waals surface area contributed by atoms with Crippen LogP contribution >= 0.6 is 23.2 Å². The second kappa shape index (κ2) is 8.28. The number of hydrogen-bond acceptors (Lipinski definition) is 5. The summed E-state index contributed by atoms with van der Waals surface area (Å²) < 4.78 is 29.5. The third-order valence-corrected chi connectivity index (χ3v) is 8.04. The number of fused-ring (bicyclic) bond motifs is 1. The Bertz CT molecular complexity index is 955. The van der Waals surface area contributed by atoms with Gasteiger partial charge in [-0.05, 0) is 31.0 Å². The van der Waals surface area contributed by atoms with E-state index in [1.807, 2.05) is 0 Å². The Morgan fingerprint density at radius 2 is 1.71 bits per heavy atom. The molecule has 0 N–H and O–H groups in total. The third-order valence-electron chi connectivity index (χ3n) is 5.41. The van der Waals surface area contributed by atoms with Crippen LogP contribution in [-0.2, 0) is 29.5 Å². The zero-order valence-electron chi connectivity index (χ0n) is 15.5. The molecule has 28 heavy (non-hydrogen) atoms. The van der Waals surface area contributed by atoms with Crippen molar-refractivity contribution in [3.8, 4) is 0 Å². The summed E-state index contributed by atoms with van der Waals surface area (Å²) in [4.78, 5) is 2.42. The van der Waals surface area contributed by atoms with Crippen molar-refractivity contribution in [3.05, 3.63) is 39.9 Å². The first-order chi connectivity index (χ1) is 13.4. The fourth-order valence-electron chi connectivity index (χ4n) is 3.78. The fraction of sp³-hybridized carbons (Fsp3) is 0.556. The van der Waals surface area contributed by atoms with Crippen molar-refractivity contribution in [2.45, 2.75) is 43.7 Å². The Morgan fingerprint density at radius 3 is 2.46 bits per heavy atom. The van der Waals surface area contributed by atoms with Gasteiger partial charge in [-0.2, -0.15) is 4.31 Å². The van der Waals surface area contributed by atoms with Gasteiger partial charge in [0.2, 0.25) is 10.0 Å². The Labute approximate surface area is 175 Å². The van der Waals surface area contributed by atoms with Crippen molar-refractivity contribution < 1.29 is 8.42 Å². The molecule has 7 nitrogen and oxygen atoms in total. The summed E-state index contributed by atoms with van der Waals surface area (Å²) in [6.45, 7) is 3.86. The minimum absolute atomic E-state index is 0.179. The van der Waals surface area contributed by atoms with E-state index in [1.165, 1.54) is 35.3 Å². The molecule has 1 saturated heterocycles. The van der Waals surface area contributed by atoms with Crippen molar-refractivity contribution in [1.82, 2.24) is 24.0 Å². The van der Waals surface area contributed by atoms with Gasteiger partial charge in [0.25, 0.3) is 0 Å². The molecule has 0 radical (unpaired) electrons. The van der Waals surface area contributed by atoms with Gasteiger partial charge in [0.1, 0.15) is 11.6 Å². The van der Waals surface area contributed by atoms with Gasteiger partial charge in [-0.15, -0.1) is 10.2 Å². The van der Waals surface area contributed by atoms with Crippen LogP contribution in [0.5, 0.6) is 0 Å². The molecule has 0 bridgehead atoms. The minimum Gasteiger partial charge on any atom is -0.314 e. The average molecular weight is 444 g/mol. The van der Waals surface area contributed by atoms with Gasteiger partial charge in [0, 0.05) is 39.1 Å². The predicted molar refractivity (Wildman–Crippen MR) is 108 cm³/mol. The Morgan fingerprint density at radius 1 is 0.929 bits per heavy atom. The molecule has 3 heterocycles. The molecule has 0 atom stereocenters. The van der Waals surface area contributed by atoms with Crippen molar-refractivity contribution in [1.29, 1.82) is 0 Å². The minimum atomic E-state index is -3.58. The fourth-order valence-corrected chi connectivity index (χ4v) is 5.59. The van der Waals surface area contributed by atoms with E-state index >= 15 is 0 Å². The maximum atomic E-state index is 12.9. The van der Waals surface area contributed by atoms with Crippen LogP contribution in [0.25, 0.3) is 0 Å². The van der Waals surface area contributed by atoms with E-state index in [9.17, 15) is 8.42 Å². The van der Waals surface area contributed by atoms with Gasteiger partial charge in [-0.1, -0.05) is 29.6 Å². The Balaban J connectivity index is 1.41. The van der Waals surface area contributed by atoms with Crippen LogP contribution in [0.4, 0.5) is 0 Å². The molecule has 1 fully saturated rings. The smallest absolute Gasteiger partial charge is 0.243 e. The van der Waals surface area contributed by atoms with Crippen LogP contribution in [0.1, 0.15) is 30.9 Å². The van der Waals surface area contributed by atoms with Crippen molar-refractivity contribution in [3.63, 3.8) is 0 Å². The lowest BCUT2D eigenvalue weighted by Crippen LogP contribution is -2.48. The zero-order valence-corrected chi connectivity index (χ0v) is 17.8. The number of nitrogens with zero attached hydrogens (tertiary/aromatic N) is 5. The molecule has 0 amide bonds. The molecular formula is C18H23Cl2N5O2S. The first kappa shape index (κ1) is 20.1. The lowest BCUT2D eigenvalue weighted by molar-refractivity contribution is 0.176. The molecule has 0 aliphatic carbocycles. The summed E-state index contributed by atoms with van der Waals surface area (Å²) in [6.07, 6.45) is 4.55. The van der Waals surface area contributed by atoms with Crippen LogP contribution in [0, 0.1) is 0 Å². The molecule has 0 unspecified atom stereocenters. The standard InChI is InChI=1S/C18H23Cl2N5O2S/c19-15-6-5-14(12-16(15)20)28(26,27)24-10-8-23(9-11-24)13-18-22-21-17-4-2-1-3-7-25(17)18/h5-6,12H,1-4,7-11,13H2. The topological polar surface area (TPSA) is 71.3 Å². The summed E-state index contributed by atoms with van der Waals surface area (Å²) in [5.74, 6) is 2.06. The van der Waals surface area contributed by atoms with Gasteiger partial charge in [-0.25, -0.2) is 8.42 Å². The van der Waals surface area contributed by atoms with Crippen LogP contribution in [0.2, 0.25) is 10.0 Å². The molecular weight excluding hydrogens is 421 g/mol. The molecule has 2 aromatic rings. The maximum Gasteiger partial charge on any atom is 0.243 e. The highest BCUT2D eigenvalue weighted by Gasteiger charge is 2.29. The summed E-state index contributed by atoms with van der Waals surface area (Å²) >= 11 is 11.9. The van der Waals surface area contributed by atoms with Crippen molar-refractivity contribution in [2.24, 2.45) is 0 Å². The number of aryl methyl sites for hydroxylation is 1. The van der Waals surface area contributed by atoms with Crippen LogP contribution in [0.15, 0.2) is 23.1 Å². The largest absolute Gasteiger partial charge is 0.314 e. The number of hydrogen-bond donors (Lipinski definition) is 0. The van der Waals surface area contributed by atoms with E-state index in [1.54, 1.807) is 0 Å². The number of halogens is 2. The molecule has 1 aromatic heterocycles. The first-order valence-corrected chi connectivity index (χ1v) is 11.7. The van der Waals surface area contributed by atoms with E-state index in [2.05, 4.69) is 19.7 Å². The highest BCUT2D eigenvalue weighted by Crippen LogP contribution is 2.27. The second-order valence-corrected chi connectivity index (χ2v) is 10.0. The maximum absolute atomic E-state index is 12.9. The predicted octanol–water partition coefficient (Wildman–Crippen LogP) is 2.82. The highest BCUT2D eigenvalue weighted by molar-refractivity contribution is 7.89. The second-order valence-electron chi connectivity index (χ2n) is 7.25. The van der Waals surface area contributed by atoms with E-state index in [-0.39, 0.29) is 9.92 Å². The summed E-state index contributed by atoms with van der Waals surface area (Å²) in [5, 5.41) is 9.32. The lowest BCUT2D eigenvalue weighted by Gasteiger charge is -2.33. The molecule has 152 valence electrons. The summed E-state index contributed by atoms with van der Waals surface area (Å²) in [5.41, 5.74) is 0. The normalized spacial score (nSPS) is 19.4. The summed E-state index contributed by atoms with van der Waals surface area (Å²) in [7, 11) is -3.58. The SMILES string of the molecule is O=S(=O)(c1ccc(Cl)c(Cl)c1)N1CCN(Cc2nnc3n2CCCCC3)CC1. The van der Waals surface area contributed by atoms with Gasteiger partial charge >= 0.3 is 0 Å². The highest BCUT2D eigenvalue weighted by atomic mass is 35.5. The van der Waals surface area contributed by atoms with Crippen LogP contribution < -0.4 is 0 Å². The van der Waals surface area contributed by atoms with Crippen molar-refractivity contribution >= 4 is 33.2 Å². The van der Waals surface area contributed by atoms with Gasteiger partial charge in [-0.3, -0.25) is 4.90 Å². The molecule has 2 aliphatic rings. The summed E-state index contributed by atoms with van der Waals surface area (Å²) in [6, 6.07) is 4.43. The first-order valence-electron chi connectivity index (χ1n) is 9.53. The number of piperazine rings is 1. The lowest BCUT2D eigenvalue weighted by atomic mass is 10.2. The van der Waals surface area contributed by atoms with E-state index in [0.29, 0.717) is 37.7 Å². The van der Waals surface area contributed by atoms with Gasteiger partial charge < -0.3 is 4.57 Å². The van der Waals surface area contributed by atoms with E-state index in [4.69, 9.17) is 23.2 Å². The third kappa shape index (κ3) is 4.07. The van der Waals surface area contributed by atoms with Crippen molar-refractivity contribution in [2.75, 3.05) is 26.2 Å². The number of rotatable bonds is 4. The number of benzene rings is 1. The van der Waals surface area contributed by atoms with Crippen LogP contribution in [-0.4, -0.2) is 58.6 Å². The number of sulfonamides is 1. The Kier molecular flexibility index (Phi) is 5.94. The molecule has 0 spiro atoms. The van der Waals surface area contributed by atoms with Crippen LogP contribution in [0.3, 0.4) is 0 Å². The zero-order chi connectivity index (χ0) is 19.7. The molecule has 0 saturated carbocycles. The number of aromatic nitrogens is 3. The van der Waals surface area contributed by atoms with Gasteiger partial charge in [0.15, 0.2) is 0 Å². The average Bonchev–Trinajstić information content (AvgIpc) is 2.90. The molecule has 1 aromatic carbocycles. The monoisotopic (exact) mass is 443 g/mol. The van der Waals surface area contributed by atoms with E-state index in [0.717, 1.165) is 31.0 Å². The van der Waals surface area contributed by atoms with E-state index < -0.39 is 10.0 Å². The Hall–Kier alpha value is -1.19. The molecule has 2 aliphatic heterocycles. The quantitative estimate of drug-likeness (QED) is 0.726.